The van der Waals surface area contributed by atoms with Crippen LogP contribution in [0, 0.1) is 10.1 Å². The second-order valence-electron chi connectivity index (χ2n) is 5.30. The Hall–Kier alpha value is -1.78. The van der Waals surface area contributed by atoms with Gasteiger partial charge in [0.2, 0.25) is 0 Å². The van der Waals surface area contributed by atoms with Gasteiger partial charge >= 0.3 is 0 Å². The lowest BCUT2D eigenvalue weighted by molar-refractivity contribution is -0.384. The van der Waals surface area contributed by atoms with Gasteiger partial charge in [-0.1, -0.05) is 51.9 Å². The Kier molecular flexibility index (Phi) is 8.24. The van der Waals surface area contributed by atoms with Crippen molar-refractivity contribution in [2.45, 2.75) is 58.3 Å². The lowest BCUT2D eigenvalue weighted by Gasteiger charge is -2.07. The van der Waals surface area contributed by atoms with Crippen molar-refractivity contribution >= 4 is 11.4 Å². The monoisotopic (exact) mass is 294 g/mol. The fraction of sp³-hybridized carbons (Fsp3) is 0.625. The van der Waals surface area contributed by atoms with E-state index >= 15 is 0 Å². The summed E-state index contributed by atoms with van der Waals surface area (Å²) in [6.07, 6.45) is 9.90. The number of unbranched alkanes of at least 4 members (excludes halogenated alkanes) is 7. The van der Waals surface area contributed by atoms with Crippen LogP contribution in [-0.4, -0.2) is 11.5 Å². The zero-order valence-corrected chi connectivity index (χ0v) is 12.8. The van der Waals surface area contributed by atoms with Gasteiger partial charge in [-0.15, -0.1) is 0 Å². The first-order chi connectivity index (χ1) is 10.1. The molecule has 0 aliphatic rings. The summed E-state index contributed by atoms with van der Waals surface area (Å²) in [5.41, 5.74) is 5.61. The van der Waals surface area contributed by atoms with Gasteiger partial charge in [0.25, 0.3) is 5.69 Å². The molecule has 0 radical (unpaired) electrons. The molecule has 1 aromatic carbocycles. The molecular weight excluding hydrogens is 268 g/mol. The first-order valence-electron chi connectivity index (χ1n) is 7.82. The van der Waals surface area contributed by atoms with Crippen LogP contribution in [0.25, 0.3) is 0 Å². The third-order valence-electron chi connectivity index (χ3n) is 3.47. The second-order valence-corrected chi connectivity index (χ2v) is 5.30. The van der Waals surface area contributed by atoms with Crippen LogP contribution in [-0.2, 0) is 0 Å². The molecule has 1 aromatic rings. The van der Waals surface area contributed by atoms with Crippen molar-refractivity contribution in [2.75, 3.05) is 12.3 Å². The van der Waals surface area contributed by atoms with Gasteiger partial charge in [-0.2, -0.15) is 0 Å². The fourth-order valence-corrected chi connectivity index (χ4v) is 2.20. The average molecular weight is 294 g/mol. The highest BCUT2D eigenvalue weighted by Crippen LogP contribution is 2.26. The number of nitro benzene ring substituents is 1. The molecule has 0 fully saturated rings. The molecule has 0 saturated heterocycles. The Labute approximate surface area is 126 Å². The van der Waals surface area contributed by atoms with Gasteiger partial charge in [0, 0.05) is 0 Å². The molecule has 0 bridgehead atoms. The van der Waals surface area contributed by atoms with Crippen molar-refractivity contribution < 1.29 is 9.66 Å². The van der Waals surface area contributed by atoms with E-state index in [1.807, 2.05) is 0 Å². The lowest BCUT2D eigenvalue weighted by atomic mass is 10.1. The zero-order valence-electron chi connectivity index (χ0n) is 12.8. The largest absolute Gasteiger partial charge is 0.493 e. The van der Waals surface area contributed by atoms with E-state index in [1.165, 1.54) is 50.7 Å². The summed E-state index contributed by atoms with van der Waals surface area (Å²) in [5, 5.41) is 10.8. The number of nitrogen functional groups attached to an aromatic ring is 1. The predicted molar refractivity (Wildman–Crippen MR) is 85.6 cm³/mol. The van der Waals surface area contributed by atoms with Gasteiger partial charge < -0.3 is 10.5 Å². The molecule has 0 unspecified atom stereocenters. The first-order valence-corrected chi connectivity index (χ1v) is 7.82. The van der Waals surface area contributed by atoms with E-state index in [1.54, 1.807) is 6.07 Å². The molecule has 2 N–H and O–H groups in total. The number of nitrogens with two attached hydrogens (primary N) is 1. The number of ether oxygens (including phenoxy) is 1. The summed E-state index contributed by atoms with van der Waals surface area (Å²) < 4.78 is 5.54. The molecule has 1 rings (SSSR count). The van der Waals surface area contributed by atoms with Crippen molar-refractivity contribution in [2.24, 2.45) is 0 Å². The number of nitrogens with zero attached hydrogens (tertiary/aromatic N) is 1. The SMILES string of the molecule is CCCCCCCCCCOc1ccc(N)c([N+](=O)[O-])c1. The summed E-state index contributed by atoms with van der Waals surface area (Å²) in [5.74, 6) is 0.513. The molecular formula is C16H26N2O3. The molecule has 118 valence electrons. The molecule has 5 heteroatoms. The molecule has 0 aromatic heterocycles. The molecule has 0 heterocycles. The summed E-state index contributed by atoms with van der Waals surface area (Å²) in [4.78, 5) is 10.3. The quantitative estimate of drug-likeness (QED) is 0.278. The zero-order chi connectivity index (χ0) is 15.5. The van der Waals surface area contributed by atoms with E-state index in [9.17, 15) is 10.1 Å². The maximum atomic E-state index is 10.8. The van der Waals surface area contributed by atoms with Crippen molar-refractivity contribution in [3.8, 4) is 5.75 Å². The molecule has 0 aliphatic heterocycles. The standard InChI is InChI=1S/C16H26N2O3/c1-2-3-4-5-6-7-8-9-12-21-14-10-11-15(17)16(13-14)18(19)20/h10-11,13H,2-9,12,17H2,1H3. The molecule has 5 nitrogen and oxygen atoms in total. The maximum Gasteiger partial charge on any atom is 0.295 e. The molecule has 0 atom stereocenters. The lowest BCUT2D eigenvalue weighted by Crippen LogP contribution is -2.00. The van der Waals surface area contributed by atoms with E-state index in [2.05, 4.69) is 6.92 Å². The van der Waals surface area contributed by atoms with E-state index in [0.717, 1.165) is 12.8 Å². The Morgan fingerprint density at radius 1 is 1.10 bits per heavy atom. The van der Waals surface area contributed by atoms with Crippen LogP contribution in [0.1, 0.15) is 58.3 Å². The van der Waals surface area contributed by atoms with E-state index in [4.69, 9.17) is 10.5 Å². The highest BCUT2D eigenvalue weighted by atomic mass is 16.6. The van der Waals surface area contributed by atoms with Crippen LogP contribution in [0.4, 0.5) is 11.4 Å². The van der Waals surface area contributed by atoms with Gasteiger partial charge in [-0.25, -0.2) is 0 Å². The summed E-state index contributed by atoms with van der Waals surface area (Å²) in [6.45, 7) is 2.81. The molecule has 21 heavy (non-hydrogen) atoms. The Balaban J connectivity index is 2.16. The Morgan fingerprint density at radius 2 is 1.71 bits per heavy atom. The van der Waals surface area contributed by atoms with Crippen LogP contribution in [0.3, 0.4) is 0 Å². The van der Waals surface area contributed by atoms with Crippen molar-refractivity contribution in [3.63, 3.8) is 0 Å². The average Bonchev–Trinajstić information content (AvgIpc) is 2.47. The predicted octanol–water partition coefficient (Wildman–Crippen LogP) is 4.70. The smallest absolute Gasteiger partial charge is 0.295 e. The number of nitro groups is 1. The minimum Gasteiger partial charge on any atom is -0.493 e. The van der Waals surface area contributed by atoms with Crippen LogP contribution >= 0.6 is 0 Å². The number of rotatable bonds is 11. The highest BCUT2D eigenvalue weighted by Gasteiger charge is 2.12. The first kappa shape index (κ1) is 17.3. The second kappa shape index (κ2) is 10.0. The maximum absolute atomic E-state index is 10.8. The van der Waals surface area contributed by atoms with Crippen molar-refractivity contribution in [3.05, 3.63) is 28.3 Å². The van der Waals surface area contributed by atoms with Crippen molar-refractivity contribution in [1.29, 1.82) is 0 Å². The van der Waals surface area contributed by atoms with Crippen LogP contribution in [0.2, 0.25) is 0 Å². The highest BCUT2D eigenvalue weighted by molar-refractivity contribution is 5.60. The summed E-state index contributed by atoms with van der Waals surface area (Å²) in [6, 6.07) is 4.58. The molecule has 0 aliphatic carbocycles. The third kappa shape index (κ3) is 6.97. The van der Waals surface area contributed by atoms with Gasteiger partial charge in [-0.3, -0.25) is 10.1 Å². The number of hydrogen-bond donors (Lipinski definition) is 1. The van der Waals surface area contributed by atoms with E-state index in [0.29, 0.717) is 12.4 Å². The number of benzene rings is 1. The van der Waals surface area contributed by atoms with Gasteiger partial charge in [0.05, 0.1) is 17.6 Å². The topological polar surface area (TPSA) is 78.4 Å². The molecule has 0 amide bonds. The normalized spacial score (nSPS) is 10.5. The Morgan fingerprint density at radius 3 is 2.33 bits per heavy atom. The number of hydrogen-bond acceptors (Lipinski definition) is 4. The van der Waals surface area contributed by atoms with Gasteiger partial charge in [0.15, 0.2) is 0 Å². The Bertz CT molecular complexity index is 436. The van der Waals surface area contributed by atoms with Crippen molar-refractivity contribution in [1.82, 2.24) is 0 Å². The van der Waals surface area contributed by atoms with Crippen LogP contribution in [0.15, 0.2) is 18.2 Å². The fourth-order valence-electron chi connectivity index (χ4n) is 2.20. The molecule has 0 saturated carbocycles. The third-order valence-corrected chi connectivity index (χ3v) is 3.47. The molecule has 0 spiro atoms. The van der Waals surface area contributed by atoms with E-state index in [-0.39, 0.29) is 11.4 Å². The minimum atomic E-state index is -0.488. The van der Waals surface area contributed by atoms with Gasteiger partial charge in [0.1, 0.15) is 11.4 Å². The minimum absolute atomic E-state index is 0.0941. The van der Waals surface area contributed by atoms with Gasteiger partial charge in [-0.05, 0) is 18.6 Å². The van der Waals surface area contributed by atoms with E-state index < -0.39 is 4.92 Å². The summed E-state index contributed by atoms with van der Waals surface area (Å²) in [7, 11) is 0. The number of anilines is 1. The summed E-state index contributed by atoms with van der Waals surface area (Å²) >= 11 is 0. The van der Waals surface area contributed by atoms with Crippen LogP contribution in [0.5, 0.6) is 5.75 Å². The van der Waals surface area contributed by atoms with Crippen LogP contribution < -0.4 is 10.5 Å².